The summed E-state index contributed by atoms with van der Waals surface area (Å²) in [5, 5.41) is 1.06. The molecule has 0 spiro atoms. The highest BCUT2D eigenvalue weighted by Gasteiger charge is 2.08. The van der Waals surface area contributed by atoms with Crippen molar-refractivity contribution in [3.8, 4) is 0 Å². The van der Waals surface area contributed by atoms with Gasteiger partial charge in [-0.3, -0.25) is 9.36 Å². The summed E-state index contributed by atoms with van der Waals surface area (Å²) in [7, 11) is 0. The van der Waals surface area contributed by atoms with Crippen LogP contribution in [0.1, 0.15) is 10.4 Å². The third kappa shape index (κ3) is 2.43. The van der Waals surface area contributed by atoms with Crippen LogP contribution in [0, 0.1) is 0 Å². The van der Waals surface area contributed by atoms with E-state index < -0.39 is 0 Å². The molecule has 2 rings (SSSR count). The van der Waals surface area contributed by atoms with Crippen molar-refractivity contribution in [1.82, 2.24) is 9.55 Å². The molecule has 3 nitrogen and oxygen atoms in total. The van der Waals surface area contributed by atoms with E-state index in [0.717, 1.165) is 5.56 Å². The average Bonchev–Trinajstić information content (AvgIpc) is 2.75. The first-order chi connectivity index (χ1) is 7.66. The standard InChI is InChI=1S/C11H8Cl2N2O/c12-9-2-1-8(10(13)6-9)5-11(16)15-4-3-14-7-15/h1-4,6-7H,5H2. The van der Waals surface area contributed by atoms with Crippen LogP contribution < -0.4 is 0 Å². The van der Waals surface area contributed by atoms with Gasteiger partial charge in [-0.2, -0.15) is 0 Å². The van der Waals surface area contributed by atoms with Gasteiger partial charge < -0.3 is 0 Å². The zero-order valence-electron chi connectivity index (χ0n) is 8.23. The second-order valence-corrected chi connectivity index (χ2v) is 4.12. The van der Waals surface area contributed by atoms with E-state index in [1.54, 1.807) is 30.6 Å². The lowest BCUT2D eigenvalue weighted by Gasteiger charge is -2.04. The summed E-state index contributed by atoms with van der Waals surface area (Å²) in [5.41, 5.74) is 0.754. The predicted molar refractivity (Wildman–Crippen MR) is 63.0 cm³/mol. The first kappa shape index (κ1) is 11.2. The van der Waals surface area contributed by atoms with E-state index in [4.69, 9.17) is 23.2 Å². The lowest BCUT2D eigenvalue weighted by Crippen LogP contribution is -2.11. The second kappa shape index (κ2) is 4.68. The summed E-state index contributed by atoms with van der Waals surface area (Å²) < 4.78 is 1.42. The Bertz CT molecular complexity index is 509. The molecule has 0 fully saturated rings. The molecular formula is C11H8Cl2N2O. The fraction of sp³-hybridized carbons (Fsp3) is 0.0909. The topological polar surface area (TPSA) is 34.9 Å². The molecule has 2 aromatic rings. The van der Waals surface area contributed by atoms with E-state index in [0.29, 0.717) is 10.0 Å². The van der Waals surface area contributed by atoms with Gasteiger partial charge in [0.1, 0.15) is 6.33 Å². The predicted octanol–water partition coefficient (Wildman–Crippen LogP) is 3.07. The minimum Gasteiger partial charge on any atom is -0.276 e. The maximum Gasteiger partial charge on any atom is 0.236 e. The Balaban J connectivity index is 2.18. The van der Waals surface area contributed by atoms with Gasteiger partial charge in [-0.25, -0.2) is 4.98 Å². The molecule has 16 heavy (non-hydrogen) atoms. The summed E-state index contributed by atoms with van der Waals surface area (Å²) in [6.07, 6.45) is 4.85. The van der Waals surface area contributed by atoms with Crippen molar-refractivity contribution in [3.05, 3.63) is 52.5 Å². The van der Waals surface area contributed by atoms with Gasteiger partial charge in [0.05, 0.1) is 6.42 Å². The molecule has 1 aromatic carbocycles. The van der Waals surface area contributed by atoms with E-state index in [1.165, 1.54) is 10.9 Å². The van der Waals surface area contributed by atoms with Crippen molar-refractivity contribution in [2.75, 3.05) is 0 Å². The lowest BCUT2D eigenvalue weighted by molar-refractivity contribution is 0.0914. The fourth-order valence-corrected chi connectivity index (χ4v) is 1.80. The van der Waals surface area contributed by atoms with Crippen LogP contribution in [0.2, 0.25) is 10.0 Å². The number of rotatable bonds is 2. The number of benzene rings is 1. The summed E-state index contributed by atoms with van der Waals surface area (Å²) in [6.45, 7) is 0. The minimum atomic E-state index is -0.0817. The summed E-state index contributed by atoms with van der Waals surface area (Å²) in [6, 6.07) is 5.09. The third-order valence-electron chi connectivity index (χ3n) is 2.15. The van der Waals surface area contributed by atoms with Crippen molar-refractivity contribution < 1.29 is 4.79 Å². The highest BCUT2D eigenvalue weighted by atomic mass is 35.5. The van der Waals surface area contributed by atoms with Crippen LogP contribution in [0.15, 0.2) is 36.9 Å². The Morgan fingerprint density at radius 1 is 1.38 bits per heavy atom. The van der Waals surface area contributed by atoms with Gasteiger partial charge >= 0.3 is 0 Å². The first-order valence-corrected chi connectivity index (χ1v) is 5.37. The highest BCUT2D eigenvalue weighted by molar-refractivity contribution is 6.35. The van der Waals surface area contributed by atoms with Crippen LogP contribution in [0.25, 0.3) is 0 Å². The normalized spacial score (nSPS) is 10.4. The van der Waals surface area contributed by atoms with E-state index in [2.05, 4.69) is 4.98 Å². The van der Waals surface area contributed by atoms with Crippen LogP contribution in [0.4, 0.5) is 0 Å². The Morgan fingerprint density at radius 3 is 2.81 bits per heavy atom. The summed E-state index contributed by atoms with van der Waals surface area (Å²) in [5.74, 6) is -0.0817. The Morgan fingerprint density at radius 2 is 2.19 bits per heavy atom. The van der Waals surface area contributed by atoms with Gasteiger partial charge in [0.25, 0.3) is 0 Å². The van der Waals surface area contributed by atoms with Crippen molar-refractivity contribution in [3.63, 3.8) is 0 Å². The molecule has 0 aliphatic rings. The number of halogens is 2. The Hall–Kier alpha value is -1.32. The quantitative estimate of drug-likeness (QED) is 0.826. The molecule has 0 radical (unpaired) electrons. The maximum absolute atomic E-state index is 11.7. The van der Waals surface area contributed by atoms with Crippen LogP contribution in [0.3, 0.4) is 0 Å². The number of nitrogens with zero attached hydrogens (tertiary/aromatic N) is 2. The van der Waals surface area contributed by atoms with Crippen molar-refractivity contribution in [2.45, 2.75) is 6.42 Å². The van der Waals surface area contributed by atoms with Crippen LogP contribution in [-0.2, 0) is 6.42 Å². The van der Waals surface area contributed by atoms with Gasteiger partial charge in [0.2, 0.25) is 5.91 Å². The SMILES string of the molecule is O=C(Cc1ccc(Cl)cc1Cl)n1ccnc1. The number of aromatic nitrogens is 2. The molecule has 0 aliphatic heterocycles. The first-order valence-electron chi connectivity index (χ1n) is 4.62. The number of hydrogen-bond acceptors (Lipinski definition) is 2. The Kier molecular flexibility index (Phi) is 3.27. The molecular weight excluding hydrogens is 247 g/mol. The summed E-state index contributed by atoms with van der Waals surface area (Å²) in [4.78, 5) is 15.6. The van der Waals surface area contributed by atoms with E-state index in [1.807, 2.05) is 0 Å². The van der Waals surface area contributed by atoms with E-state index >= 15 is 0 Å². The Labute approximate surface area is 103 Å². The largest absolute Gasteiger partial charge is 0.276 e. The molecule has 0 unspecified atom stereocenters. The molecule has 0 aliphatic carbocycles. The van der Waals surface area contributed by atoms with Crippen molar-refractivity contribution >= 4 is 29.1 Å². The maximum atomic E-state index is 11.7. The van der Waals surface area contributed by atoms with E-state index in [9.17, 15) is 4.79 Å². The zero-order chi connectivity index (χ0) is 11.5. The molecule has 0 saturated heterocycles. The molecule has 82 valence electrons. The van der Waals surface area contributed by atoms with Crippen LogP contribution >= 0.6 is 23.2 Å². The third-order valence-corrected chi connectivity index (χ3v) is 2.74. The van der Waals surface area contributed by atoms with Gasteiger partial charge in [-0.05, 0) is 17.7 Å². The zero-order valence-corrected chi connectivity index (χ0v) is 9.74. The fourth-order valence-electron chi connectivity index (χ4n) is 1.33. The molecule has 5 heteroatoms. The number of carbonyl (C=O) groups excluding carboxylic acids is 1. The van der Waals surface area contributed by atoms with Crippen molar-refractivity contribution in [2.24, 2.45) is 0 Å². The van der Waals surface area contributed by atoms with Crippen LogP contribution in [-0.4, -0.2) is 15.5 Å². The average molecular weight is 255 g/mol. The molecule has 0 bridgehead atoms. The molecule has 0 amide bonds. The van der Waals surface area contributed by atoms with Gasteiger partial charge in [0.15, 0.2) is 0 Å². The lowest BCUT2D eigenvalue weighted by atomic mass is 10.1. The van der Waals surface area contributed by atoms with Gasteiger partial charge in [-0.1, -0.05) is 29.3 Å². The second-order valence-electron chi connectivity index (χ2n) is 3.28. The highest BCUT2D eigenvalue weighted by Crippen LogP contribution is 2.21. The van der Waals surface area contributed by atoms with Gasteiger partial charge in [0, 0.05) is 22.4 Å². The summed E-state index contributed by atoms with van der Waals surface area (Å²) >= 11 is 11.7. The molecule has 0 atom stereocenters. The monoisotopic (exact) mass is 254 g/mol. The molecule has 1 heterocycles. The molecule has 1 aromatic heterocycles. The minimum absolute atomic E-state index is 0.0817. The number of carbonyl (C=O) groups is 1. The number of imidazole rings is 1. The van der Waals surface area contributed by atoms with E-state index in [-0.39, 0.29) is 12.3 Å². The number of hydrogen-bond donors (Lipinski definition) is 0. The molecule has 0 saturated carbocycles. The van der Waals surface area contributed by atoms with Crippen molar-refractivity contribution in [1.29, 1.82) is 0 Å². The van der Waals surface area contributed by atoms with Crippen LogP contribution in [0.5, 0.6) is 0 Å². The smallest absolute Gasteiger partial charge is 0.236 e. The van der Waals surface area contributed by atoms with Gasteiger partial charge in [-0.15, -0.1) is 0 Å². The molecule has 0 N–H and O–H groups in total.